The first-order valence-electron chi connectivity index (χ1n) is 4.91. The van der Waals surface area contributed by atoms with Crippen LogP contribution in [0.25, 0.3) is 0 Å². The normalized spacial score (nSPS) is 44.0. The zero-order valence-electron chi connectivity index (χ0n) is 7.28. The van der Waals surface area contributed by atoms with Crippen LogP contribution in [-0.2, 0) is 0 Å². The fourth-order valence-electron chi connectivity index (χ4n) is 2.65. The van der Waals surface area contributed by atoms with Gasteiger partial charge in [0.05, 0.1) is 6.10 Å². The van der Waals surface area contributed by atoms with Crippen molar-refractivity contribution in [1.82, 2.24) is 5.06 Å². The van der Waals surface area contributed by atoms with Crippen molar-refractivity contribution in [3.05, 3.63) is 5.21 Å². The highest BCUT2D eigenvalue weighted by molar-refractivity contribution is 4.92. The Kier molecular flexibility index (Phi) is 2.35. The van der Waals surface area contributed by atoms with E-state index in [1.165, 1.54) is 0 Å². The Morgan fingerprint density at radius 1 is 1.17 bits per heavy atom. The molecule has 0 radical (unpaired) electrons. The number of hydrogen-bond acceptors (Lipinski definition) is 3. The second kappa shape index (κ2) is 3.32. The van der Waals surface area contributed by atoms with Gasteiger partial charge in [0.25, 0.3) is 0 Å². The average molecular weight is 170 g/mol. The Bertz CT molecular complexity index is 147. The van der Waals surface area contributed by atoms with E-state index in [0.717, 1.165) is 37.2 Å². The van der Waals surface area contributed by atoms with Gasteiger partial charge >= 0.3 is 0 Å². The number of hydrogen-bond donors (Lipinski definition) is 1. The quantitative estimate of drug-likeness (QED) is 0.592. The Morgan fingerprint density at radius 3 is 2.67 bits per heavy atom. The number of nitrogens with zero attached hydrogens (tertiary/aromatic N) is 1. The SMILES string of the molecule is [O-]N1CCCC2CCCC(O)C21. The van der Waals surface area contributed by atoms with Crippen molar-refractivity contribution in [3.8, 4) is 0 Å². The lowest BCUT2D eigenvalue weighted by atomic mass is 9.77. The molecule has 1 saturated carbocycles. The van der Waals surface area contributed by atoms with E-state index >= 15 is 0 Å². The standard InChI is InChI=1S/C9H16NO2/c11-8-5-1-3-7-4-2-6-10(12)9(7)8/h7-9,11H,1-6H2/q-1. The van der Waals surface area contributed by atoms with Crippen molar-refractivity contribution in [2.75, 3.05) is 6.54 Å². The Morgan fingerprint density at radius 2 is 1.92 bits per heavy atom. The molecule has 3 nitrogen and oxygen atoms in total. The maximum atomic E-state index is 11.4. The molecule has 1 aliphatic carbocycles. The molecule has 3 heteroatoms. The minimum absolute atomic E-state index is 0.0764. The number of aliphatic hydroxyl groups excluding tert-OH is 1. The van der Waals surface area contributed by atoms with Gasteiger partial charge in [0.15, 0.2) is 0 Å². The second-order valence-electron chi connectivity index (χ2n) is 4.03. The third kappa shape index (κ3) is 1.37. The van der Waals surface area contributed by atoms with Gasteiger partial charge in [0, 0.05) is 6.04 Å². The summed E-state index contributed by atoms with van der Waals surface area (Å²) in [4.78, 5) is 0. The molecule has 1 heterocycles. The van der Waals surface area contributed by atoms with Crippen LogP contribution in [0.5, 0.6) is 0 Å². The molecule has 3 atom stereocenters. The zero-order chi connectivity index (χ0) is 8.55. The first kappa shape index (κ1) is 8.48. The molecule has 0 aromatic carbocycles. The van der Waals surface area contributed by atoms with Gasteiger partial charge in [-0.1, -0.05) is 6.42 Å². The topological polar surface area (TPSA) is 46.5 Å². The van der Waals surface area contributed by atoms with Crippen LogP contribution in [-0.4, -0.2) is 28.9 Å². The average Bonchev–Trinajstić information content (AvgIpc) is 2.04. The van der Waals surface area contributed by atoms with Crippen LogP contribution in [0.4, 0.5) is 0 Å². The molecule has 0 aromatic rings. The molecule has 0 aromatic heterocycles. The van der Waals surface area contributed by atoms with Crippen LogP contribution in [0.2, 0.25) is 0 Å². The molecule has 1 aliphatic heterocycles. The van der Waals surface area contributed by atoms with E-state index in [0.29, 0.717) is 12.5 Å². The van der Waals surface area contributed by atoms with Crippen LogP contribution >= 0.6 is 0 Å². The van der Waals surface area contributed by atoms with Crippen LogP contribution in [0.15, 0.2) is 0 Å². The summed E-state index contributed by atoms with van der Waals surface area (Å²) in [6.07, 6.45) is 4.84. The number of fused-ring (bicyclic) bond motifs is 1. The van der Waals surface area contributed by atoms with E-state index in [9.17, 15) is 10.3 Å². The van der Waals surface area contributed by atoms with Crippen LogP contribution in [0, 0.1) is 11.1 Å². The van der Waals surface area contributed by atoms with E-state index in [4.69, 9.17) is 0 Å². The molecule has 0 spiro atoms. The first-order chi connectivity index (χ1) is 5.79. The summed E-state index contributed by atoms with van der Waals surface area (Å²) < 4.78 is 0. The van der Waals surface area contributed by atoms with Gasteiger partial charge in [-0.3, -0.25) is 0 Å². The lowest BCUT2D eigenvalue weighted by Crippen LogP contribution is -2.51. The van der Waals surface area contributed by atoms with E-state index < -0.39 is 0 Å². The minimum atomic E-state index is -0.360. The summed E-state index contributed by atoms with van der Waals surface area (Å²) >= 11 is 0. The molecule has 70 valence electrons. The number of piperidine rings is 1. The predicted molar refractivity (Wildman–Crippen MR) is 46.4 cm³/mol. The third-order valence-electron chi connectivity index (χ3n) is 3.24. The number of rotatable bonds is 0. The Hall–Kier alpha value is -0.120. The Labute approximate surface area is 72.9 Å². The maximum absolute atomic E-state index is 11.4. The summed E-state index contributed by atoms with van der Waals surface area (Å²) in [6.45, 7) is 0.623. The summed E-state index contributed by atoms with van der Waals surface area (Å²) in [5.41, 5.74) is 0. The van der Waals surface area contributed by atoms with Gasteiger partial charge < -0.3 is 15.4 Å². The van der Waals surface area contributed by atoms with Crippen molar-refractivity contribution in [3.63, 3.8) is 0 Å². The molecular formula is C9H16NO2-. The first-order valence-corrected chi connectivity index (χ1v) is 4.91. The van der Waals surface area contributed by atoms with E-state index in [-0.39, 0.29) is 12.1 Å². The van der Waals surface area contributed by atoms with Crippen molar-refractivity contribution >= 4 is 0 Å². The van der Waals surface area contributed by atoms with Crippen molar-refractivity contribution in [2.24, 2.45) is 5.92 Å². The van der Waals surface area contributed by atoms with Gasteiger partial charge in [0.1, 0.15) is 0 Å². The monoisotopic (exact) mass is 170 g/mol. The maximum Gasteiger partial charge on any atom is 0.0689 e. The van der Waals surface area contributed by atoms with Crippen LogP contribution in [0.1, 0.15) is 32.1 Å². The molecule has 0 bridgehead atoms. The van der Waals surface area contributed by atoms with Crippen molar-refractivity contribution < 1.29 is 5.11 Å². The predicted octanol–water partition coefficient (Wildman–Crippen LogP) is 1.11. The largest absolute Gasteiger partial charge is 0.785 e. The van der Waals surface area contributed by atoms with Crippen LogP contribution < -0.4 is 0 Å². The summed E-state index contributed by atoms with van der Waals surface area (Å²) in [5.74, 6) is 0.472. The molecule has 3 unspecified atom stereocenters. The fourth-order valence-corrected chi connectivity index (χ4v) is 2.65. The molecule has 2 aliphatic rings. The molecule has 0 amide bonds. The highest BCUT2D eigenvalue weighted by Gasteiger charge is 2.34. The Balaban J connectivity index is 2.07. The van der Waals surface area contributed by atoms with Crippen molar-refractivity contribution in [2.45, 2.75) is 44.2 Å². The molecule has 12 heavy (non-hydrogen) atoms. The highest BCUT2D eigenvalue weighted by Crippen LogP contribution is 2.34. The minimum Gasteiger partial charge on any atom is -0.785 e. The second-order valence-corrected chi connectivity index (χ2v) is 4.03. The van der Waals surface area contributed by atoms with E-state index in [1.807, 2.05) is 0 Å². The number of hydroxylamine groups is 2. The van der Waals surface area contributed by atoms with Gasteiger partial charge in [-0.05, 0) is 38.1 Å². The van der Waals surface area contributed by atoms with Gasteiger partial charge in [-0.2, -0.15) is 0 Å². The zero-order valence-corrected chi connectivity index (χ0v) is 7.28. The molecule has 2 fully saturated rings. The van der Waals surface area contributed by atoms with E-state index in [1.54, 1.807) is 0 Å². The highest BCUT2D eigenvalue weighted by atomic mass is 16.5. The lowest BCUT2D eigenvalue weighted by molar-refractivity contribution is -0.0143. The smallest absolute Gasteiger partial charge is 0.0689 e. The van der Waals surface area contributed by atoms with Gasteiger partial charge in [0.2, 0.25) is 0 Å². The lowest BCUT2D eigenvalue weighted by Gasteiger charge is -2.50. The molecular weight excluding hydrogens is 154 g/mol. The summed E-state index contributed by atoms with van der Waals surface area (Å²) in [7, 11) is 0. The van der Waals surface area contributed by atoms with Crippen molar-refractivity contribution in [1.29, 1.82) is 0 Å². The van der Waals surface area contributed by atoms with Gasteiger partial charge in [-0.15, -0.1) is 0 Å². The van der Waals surface area contributed by atoms with Crippen LogP contribution in [0.3, 0.4) is 0 Å². The number of aliphatic hydroxyl groups is 1. The molecule has 1 N–H and O–H groups in total. The summed E-state index contributed by atoms with van der Waals surface area (Å²) in [6, 6.07) is -0.0764. The molecule has 1 saturated heterocycles. The van der Waals surface area contributed by atoms with E-state index in [2.05, 4.69) is 0 Å². The summed E-state index contributed by atoms with van der Waals surface area (Å²) in [5, 5.41) is 22.1. The van der Waals surface area contributed by atoms with Gasteiger partial charge in [-0.25, -0.2) is 0 Å². The fraction of sp³-hybridized carbons (Fsp3) is 1.00. The molecule has 2 rings (SSSR count). The third-order valence-corrected chi connectivity index (χ3v) is 3.24.